The highest BCUT2D eigenvalue weighted by atomic mass is 16.5. The van der Waals surface area contributed by atoms with Crippen molar-refractivity contribution in [3.8, 4) is 11.5 Å². The Balaban J connectivity index is 0.000000160. The first-order valence-corrected chi connectivity index (χ1v) is 17.0. The van der Waals surface area contributed by atoms with Gasteiger partial charge in [-0.3, -0.25) is 0 Å². The van der Waals surface area contributed by atoms with Crippen LogP contribution in [0, 0.1) is 79.1 Å². The molecular formula is C44H56O. The largest absolute Gasteiger partial charge is 0.457 e. The quantitative estimate of drug-likeness (QED) is 0.187. The maximum Gasteiger partial charge on any atom is 0.127 e. The van der Waals surface area contributed by atoms with E-state index in [2.05, 4.69) is 144 Å². The standard InChI is InChI=1S/C18H18.C16H18O.C10H20/c1-11-5-15-9-17-7-13(3)14(4)8-18(17)10-16(15)6-12(11)2;1-11-5-7-15(9-13(11)3)17-16-8-6-12(2)14(4)10-16;1-5-10-8(3)6-7(2)9(10)4/h5-10H,1-4H3;5-10H,1-4H3;7-10H,5-6H2,1-4H3. The number of ether oxygens (including phenoxy) is 1. The van der Waals surface area contributed by atoms with Gasteiger partial charge in [0.1, 0.15) is 11.5 Å². The molecule has 0 bridgehead atoms. The molecular weight excluding hydrogens is 544 g/mol. The molecule has 1 aliphatic carbocycles. The summed E-state index contributed by atoms with van der Waals surface area (Å²) in [4.78, 5) is 0. The molecule has 1 saturated carbocycles. The molecule has 0 amide bonds. The normalized spacial score (nSPS) is 19.1. The van der Waals surface area contributed by atoms with E-state index in [9.17, 15) is 0 Å². The van der Waals surface area contributed by atoms with Gasteiger partial charge in [0, 0.05) is 0 Å². The van der Waals surface area contributed by atoms with Gasteiger partial charge in [0.2, 0.25) is 0 Å². The summed E-state index contributed by atoms with van der Waals surface area (Å²) in [6.07, 6.45) is 2.84. The fraction of sp³-hybridized carbons (Fsp3) is 0.409. The zero-order chi connectivity index (χ0) is 33.0. The average Bonchev–Trinajstić information content (AvgIpc) is 3.23. The van der Waals surface area contributed by atoms with Gasteiger partial charge in [-0.15, -0.1) is 0 Å². The predicted molar refractivity (Wildman–Crippen MR) is 198 cm³/mol. The third kappa shape index (κ3) is 8.37. The van der Waals surface area contributed by atoms with Crippen LogP contribution in [0.15, 0.2) is 72.8 Å². The third-order valence-electron chi connectivity index (χ3n) is 10.7. The first-order chi connectivity index (χ1) is 21.3. The molecule has 0 spiro atoms. The van der Waals surface area contributed by atoms with Crippen molar-refractivity contribution < 1.29 is 4.74 Å². The molecule has 1 fully saturated rings. The van der Waals surface area contributed by atoms with Gasteiger partial charge >= 0.3 is 0 Å². The molecule has 5 aromatic carbocycles. The molecule has 1 heteroatoms. The van der Waals surface area contributed by atoms with Crippen LogP contribution < -0.4 is 4.74 Å². The number of benzene rings is 5. The first-order valence-electron chi connectivity index (χ1n) is 17.0. The van der Waals surface area contributed by atoms with Crippen LogP contribution in [-0.4, -0.2) is 0 Å². The van der Waals surface area contributed by atoms with E-state index in [-0.39, 0.29) is 0 Å². The van der Waals surface area contributed by atoms with Crippen molar-refractivity contribution in [2.75, 3.05) is 0 Å². The molecule has 45 heavy (non-hydrogen) atoms. The Morgan fingerprint density at radius 1 is 0.467 bits per heavy atom. The molecule has 238 valence electrons. The lowest BCUT2D eigenvalue weighted by atomic mass is 9.88. The van der Waals surface area contributed by atoms with Gasteiger partial charge in [-0.2, -0.15) is 0 Å². The molecule has 0 saturated heterocycles. The number of aryl methyl sites for hydroxylation is 8. The van der Waals surface area contributed by atoms with Crippen LogP contribution in [0.4, 0.5) is 0 Å². The van der Waals surface area contributed by atoms with Crippen LogP contribution >= 0.6 is 0 Å². The molecule has 5 aromatic rings. The zero-order valence-electron chi connectivity index (χ0n) is 30.1. The lowest BCUT2D eigenvalue weighted by Gasteiger charge is -2.18. The topological polar surface area (TPSA) is 9.23 Å². The molecule has 1 nitrogen and oxygen atoms in total. The third-order valence-corrected chi connectivity index (χ3v) is 10.7. The Kier molecular flexibility index (Phi) is 11.2. The minimum absolute atomic E-state index is 0.899. The van der Waals surface area contributed by atoms with Crippen LogP contribution in [0.3, 0.4) is 0 Å². The van der Waals surface area contributed by atoms with E-state index in [1.807, 2.05) is 12.1 Å². The van der Waals surface area contributed by atoms with E-state index in [0.717, 1.165) is 35.2 Å². The van der Waals surface area contributed by atoms with E-state index in [0.29, 0.717) is 0 Å². The molecule has 1 aliphatic rings. The highest BCUT2D eigenvalue weighted by molar-refractivity contribution is 5.99. The Morgan fingerprint density at radius 2 is 0.822 bits per heavy atom. The second kappa shape index (κ2) is 14.7. The summed E-state index contributed by atoms with van der Waals surface area (Å²) < 4.78 is 5.85. The monoisotopic (exact) mass is 600 g/mol. The number of hydrogen-bond donors (Lipinski definition) is 0. The molecule has 0 aliphatic heterocycles. The minimum atomic E-state index is 0.899. The van der Waals surface area contributed by atoms with Crippen LogP contribution in [0.5, 0.6) is 11.5 Å². The van der Waals surface area contributed by atoms with Crippen molar-refractivity contribution in [3.63, 3.8) is 0 Å². The molecule has 0 aromatic heterocycles. The number of rotatable bonds is 3. The van der Waals surface area contributed by atoms with Crippen LogP contribution in [0.25, 0.3) is 21.5 Å². The first kappa shape index (κ1) is 34.3. The summed E-state index contributed by atoms with van der Waals surface area (Å²) in [5.41, 5.74) is 10.6. The maximum atomic E-state index is 5.85. The molecule has 4 unspecified atom stereocenters. The van der Waals surface area contributed by atoms with Crippen molar-refractivity contribution in [1.82, 2.24) is 0 Å². The SMILES string of the molecule is CCC1C(C)CC(C)C1C.Cc1cc2cc3cc(C)c(C)cc3cc2cc1C.Cc1ccc(Oc2ccc(C)c(C)c2)cc1C. The summed E-state index contributed by atoms with van der Waals surface area (Å²) in [6, 6.07) is 26.1. The zero-order valence-corrected chi connectivity index (χ0v) is 30.1. The Morgan fingerprint density at radius 3 is 1.09 bits per heavy atom. The minimum Gasteiger partial charge on any atom is -0.457 e. The van der Waals surface area contributed by atoms with Gasteiger partial charge in [0.15, 0.2) is 0 Å². The smallest absolute Gasteiger partial charge is 0.127 e. The second-order valence-electron chi connectivity index (χ2n) is 14.1. The average molecular weight is 601 g/mol. The highest BCUT2D eigenvalue weighted by Gasteiger charge is 2.33. The lowest BCUT2D eigenvalue weighted by molar-refractivity contribution is 0.314. The van der Waals surface area contributed by atoms with Crippen LogP contribution in [0.2, 0.25) is 0 Å². The van der Waals surface area contributed by atoms with Crippen molar-refractivity contribution in [2.45, 2.75) is 95.9 Å². The second-order valence-corrected chi connectivity index (χ2v) is 14.1. The summed E-state index contributed by atoms with van der Waals surface area (Å²) in [7, 11) is 0. The lowest BCUT2D eigenvalue weighted by Crippen LogP contribution is -2.10. The number of hydrogen-bond acceptors (Lipinski definition) is 1. The van der Waals surface area contributed by atoms with Gasteiger partial charge in [-0.05, 0) is 188 Å². The molecule has 0 heterocycles. The highest BCUT2D eigenvalue weighted by Crippen LogP contribution is 2.42. The predicted octanol–water partition coefficient (Wildman–Crippen LogP) is 13.3. The van der Waals surface area contributed by atoms with Crippen molar-refractivity contribution in [2.24, 2.45) is 23.7 Å². The summed E-state index contributed by atoms with van der Waals surface area (Å²) in [5, 5.41) is 5.37. The van der Waals surface area contributed by atoms with E-state index >= 15 is 0 Å². The molecule has 0 N–H and O–H groups in total. The fourth-order valence-electron chi connectivity index (χ4n) is 6.94. The maximum absolute atomic E-state index is 5.85. The van der Waals surface area contributed by atoms with Gasteiger partial charge in [0.05, 0.1) is 0 Å². The van der Waals surface area contributed by atoms with Crippen LogP contribution in [0.1, 0.15) is 85.0 Å². The van der Waals surface area contributed by atoms with Crippen LogP contribution in [-0.2, 0) is 0 Å². The van der Waals surface area contributed by atoms with E-state index in [1.54, 1.807) is 0 Å². The van der Waals surface area contributed by atoms with Crippen molar-refractivity contribution in [3.05, 3.63) is 117 Å². The van der Waals surface area contributed by atoms with E-state index in [4.69, 9.17) is 4.74 Å². The molecule has 0 radical (unpaired) electrons. The van der Waals surface area contributed by atoms with Crippen molar-refractivity contribution in [1.29, 1.82) is 0 Å². The molecule has 4 atom stereocenters. The van der Waals surface area contributed by atoms with E-state index < -0.39 is 0 Å². The molecule has 6 rings (SSSR count). The van der Waals surface area contributed by atoms with Gasteiger partial charge in [-0.25, -0.2) is 0 Å². The Hall–Kier alpha value is -3.58. The summed E-state index contributed by atoms with van der Waals surface area (Å²) in [6.45, 7) is 26.7. The van der Waals surface area contributed by atoms with Gasteiger partial charge < -0.3 is 4.74 Å². The van der Waals surface area contributed by atoms with Gasteiger partial charge in [0.25, 0.3) is 0 Å². The summed E-state index contributed by atoms with van der Waals surface area (Å²) >= 11 is 0. The number of fused-ring (bicyclic) bond motifs is 2. The summed E-state index contributed by atoms with van der Waals surface area (Å²) in [5.74, 6) is 5.73. The Labute approximate surface area is 274 Å². The fourth-order valence-corrected chi connectivity index (χ4v) is 6.94. The van der Waals surface area contributed by atoms with E-state index in [1.165, 1.54) is 78.9 Å². The van der Waals surface area contributed by atoms with Gasteiger partial charge in [-0.1, -0.05) is 70.5 Å². The Bertz CT molecular complexity index is 1600. The van der Waals surface area contributed by atoms with Crippen molar-refractivity contribution >= 4 is 21.5 Å².